The fraction of sp³-hybridized carbons (Fsp3) is 0. The average Bonchev–Trinajstić information content (AvgIpc) is 3.02. The Morgan fingerprint density at radius 3 is 2.05 bits per heavy atom. The van der Waals surface area contributed by atoms with Crippen molar-refractivity contribution < 1.29 is 4.39 Å². The van der Waals surface area contributed by atoms with Crippen molar-refractivity contribution in [2.75, 3.05) is 9.80 Å². The maximum Gasteiger partial charge on any atom is 0.252 e. The number of hydrogen-bond acceptors (Lipinski definition) is 3. The summed E-state index contributed by atoms with van der Waals surface area (Å²) in [5.41, 5.74) is 12.7. The Hall–Kier alpha value is -4.74. The molecule has 192 valence electrons. The molecule has 9 rings (SSSR count). The Bertz CT molecular complexity index is 2030. The molecule has 5 heteroatoms. The van der Waals surface area contributed by atoms with Gasteiger partial charge in [-0.2, -0.15) is 0 Å². The highest BCUT2D eigenvalue weighted by Gasteiger charge is 2.45. The second-order valence-corrected chi connectivity index (χ2v) is 11.8. The summed E-state index contributed by atoms with van der Waals surface area (Å²) >= 11 is 1.84. The molecule has 0 aliphatic carbocycles. The summed E-state index contributed by atoms with van der Waals surface area (Å²) in [6, 6.07) is 46.2. The highest BCUT2D eigenvalue weighted by atomic mass is 32.2. The largest absolute Gasteiger partial charge is 0.311 e. The Labute approximate surface area is 242 Å². The van der Waals surface area contributed by atoms with Gasteiger partial charge in [0.1, 0.15) is 5.82 Å². The molecule has 0 radical (unpaired) electrons. The van der Waals surface area contributed by atoms with Crippen molar-refractivity contribution in [2.24, 2.45) is 0 Å². The lowest BCUT2D eigenvalue weighted by atomic mass is 9.33. The summed E-state index contributed by atoms with van der Waals surface area (Å²) in [7, 11) is 0. The SMILES string of the molecule is Fc1cccc(-c2cc3c4c(c2)N2c5ccccc5Sc5cccc(c52)B4c2ccccc2N3c2ccccc2)c1. The van der Waals surface area contributed by atoms with Gasteiger partial charge in [-0.3, -0.25) is 0 Å². The third-order valence-electron chi connectivity index (χ3n) is 8.46. The Morgan fingerprint density at radius 1 is 0.512 bits per heavy atom. The smallest absolute Gasteiger partial charge is 0.252 e. The number of rotatable bonds is 2. The summed E-state index contributed by atoms with van der Waals surface area (Å²) in [6.07, 6.45) is 0. The normalized spacial score (nSPS) is 13.7. The molecule has 0 bridgehead atoms. The van der Waals surface area contributed by atoms with Crippen LogP contribution in [0.4, 0.5) is 38.5 Å². The van der Waals surface area contributed by atoms with Crippen molar-refractivity contribution >= 4 is 69.0 Å². The zero-order valence-electron chi connectivity index (χ0n) is 22.0. The lowest BCUT2D eigenvalue weighted by molar-refractivity contribution is 0.628. The molecule has 0 aromatic heterocycles. The van der Waals surface area contributed by atoms with Crippen LogP contribution in [0.3, 0.4) is 0 Å². The van der Waals surface area contributed by atoms with Crippen LogP contribution in [0.2, 0.25) is 0 Å². The highest BCUT2D eigenvalue weighted by molar-refractivity contribution is 7.99. The molecule has 0 N–H and O–H groups in total. The van der Waals surface area contributed by atoms with E-state index >= 15 is 0 Å². The predicted molar refractivity (Wildman–Crippen MR) is 170 cm³/mol. The fourth-order valence-electron chi connectivity index (χ4n) is 6.83. The maximum atomic E-state index is 14.6. The van der Waals surface area contributed by atoms with Crippen molar-refractivity contribution in [3.05, 3.63) is 139 Å². The lowest BCUT2D eigenvalue weighted by Gasteiger charge is -2.46. The van der Waals surface area contributed by atoms with E-state index in [1.54, 1.807) is 12.1 Å². The van der Waals surface area contributed by atoms with Gasteiger partial charge in [0.25, 0.3) is 6.71 Å². The van der Waals surface area contributed by atoms with Crippen LogP contribution in [-0.2, 0) is 0 Å². The average molecular weight is 544 g/mol. The molecule has 0 spiro atoms. The number of benzene rings is 6. The topological polar surface area (TPSA) is 6.48 Å². The Balaban J connectivity index is 1.44. The minimum absolute atomic E-state index is 0.0785. The molecule has 2 nitrogen and oxygen atoms in total. The van der Waals surface area contributed by atoms with Crippen molar-refractivity contribution in [1.29, 1.82) is 0 Å². The Morgan fingerprint density at radius 2 is 1.20 bits per heavy atom. The quantitative estimate of drug-likeness (QED) is 0.204. The van der Waals surface area contributed by atoms with Crippen LogP contribution in [-0.4, -0.2) is 6.71 Å². The molecule has 0 saturated carbocycles. The van der Waals surface area contributed by atoms with Crippen LogP contribution in [0.5, 0.6) is 0 Å². The van der Waals surface area contributed by atoms with E-state index in [9.17, 15) is 4.39 Å². The van der Waals surface area contributed by atoms with Crippen LogP contribution >= 0.6 is 11.8 Å². The van der Waals surface area contributed by atoms with Crippen molar-refractivity contribution in [3.8, 4) is 11.1 Å². The Kier molecular flexibility index (Phi) is 4.84. The van der Waals surface area contributed by atoms with Gasteiger partial charge < -0.3 is 9.80 Å². The van der Waals surface area contributed by atoms with Gasteiger partial charge in [-0.05, 0) is 88.2 Å². The van der Waals surface area contributed by atoms with E-state index in [0.717, 1.165) is 28.2 Å². The molecular weight excluding hydrogens is 522 g/mol. The second kappa shape index (κ2) is 8.63. The molecule has 0 atom stereocenters. The summed E-state index contributed by atoms with van der Waals surface area (Å²) < 4.78 is 14.6. The van der Waals surface area contributed by atoms with Gasteiger partial charge in [0.2, 0.25) is 0 Å². The van der Waals surface area contributed by atoms with Crippen LogP contribution in [0.15, 0.2) is 143 Å². The van der Waals surface area contributed by atoms with Crippen molar-refractivity contribution in [2.45, 2.75) is 9.79 Å². The first-order chi connectivity index (χ1) is 20.3. The van der Waals surface area contributed by atoms with Gasteiger partial charge in [-0.25, -0.2) is 4.39 Å². The van der Waals surface area contributed by atoms with Gasteiger partial charge in [-0.1, -0.05) is 84.6 Å². The molecule has 41 heavy (non-hydrogen) atoms. The van der Waals surface area contributed by atoms with E-state index in [0.29, 0.717) is 0 Å². The number of para-hydroxylation sites is 4. The molecular formula is C36H22BFN2S. The number of halogens is 1. The van der Waals surface area contributed by atoms with Crippen LogP contribution < -0.4 is 26.2 Å². The zero-order valence-corrected chi connectivity index (χ0v) is 22.8. The molecule has 0 saturated heterocycles. The minimum atomic E-state index is -0.232. The molecule has 3 aliphatic rings. The van der Waals surface area contributed by atoms with E-state index in [4.69, 9.17) is 0 Å². The number of anilines is 6. The van der Waals surface area contributed by atoms with Crippen LogP contribution in [0.1, 0.15) is 0 Å². The van der Waals surface area contributed by atoms with Crippen LogP contribution in [0.25, 0.3) is 11.1 Å². The van der Waals surface area contributed by atoms with Gasteiger partial charge in [0.15, 0.2) is 0 Å². The highest BCUT2D eigenvalue weighted by Crippen LogP contribution is 2.54. The molecule has 0 unspecified atom stereocenters. The third kappa shape index (κ3) is 3.27. The van der Waals surface area contributed by atoms with Gasteiger partial charge in [0, 0.05) is 32.5 Å². The zero-order chi connectivity index (χ0) is 27.1. The van der Waals surface area contributed by atoms with Gasteiger partial charge >= 0.3 is 0 Å². The van der Waals surface area contributed by atoms with E-state index in [1.165, 1.54) is 49.3 Å². The summed E-state index contributed by atoms with van der Waals surface area (Å²) in [6.45, 7) is 0.0785. The molecule has 0 amide bonds. The maximum absolute atomic E-state index is 14.6. The second-order valence-electron chi connectivity index (χ2n) is 10.7. The monoisotopic (exact) mass is 544 g/mol. The summed E-state index contributed by atoms with van der Waals surface area (Å²) in [4.78, 5) is 7.32. The number of hydrogen-bond donors (Lipinski definition) is 0. The molecule has 3 aliphatic heterocycles. The van der Waals surface area contributed by atoms with Crippen molar-refractivity contribution in [1.82, 2.24) is 0 Å². The lowest BCUT2D eigenvalue weighted by Crippen LogP contribution is -2.61. The first-order valence-electron chi connectivity index (χ1n) is 13.8. The molecule has 6 aromatic rings. The fourth-order valence-corrected chi connectivity index (χ4v) is 7.93. The van der Waals surface area contributed by atoms with Crippen molar-refractivity contribution in [3.63, 3.8) is 0 Å². The number of nitrogens with zero attached hydrogens (tertiary/aromatic N) is 2. The van der Waals surface area contributed by atoms with Gasteiger partial charge in [0.05, 0.1) is 11.4 Å². The third-order valence-corrected chi connectivity index (χ3v) is 9.57. The molecule has 3 heterocycles. The van der Waals surface area contributed by atoms with E-state index in [1.807, 2.05) is 17.8 Å². The van der Waals surface area contributed by atoms with Crippen LogP contribution in [0, 0.1) is 5.82 Å². The molecule has 0 fully saturated rings. The first-order valence-corrected chi connectivity index (χ1v) is 14.7. The first kappa shape index (κ1) is 23.0. The summed E-state index contributed by atoms with van der Waals surface area (Å²) in [5, 5.41) is 0. The van der Waals surface area contributed by atoms with E-state index in [2.05, 4.69) is 119 Å². The summed E-state index contributed by atoms with van der Waals surface area (Å²) in [5.74, 6) is -0.232. The minimum Gasteiger partial charge on any atom is -0.311 e. The molecule has 6 aromatic carbocycles. The van der Waals surface area contributed by atoms with E-state index < -0.39 is 0 Å². The van der Waals surface area contributed by atoms with Gasteiger partial charge in [-0.15, -0.1) is 0 Å². The van der Waals surface area contributed by atoms with E-state index in [-0.39, 0.29) is 12.5 Å². The standard InChI is InChI=1S/C36H22BFN2S/c38-25-11-8-10-23(20-25)24-21-31-35-32(22-24)40-30-17-6-7-18-33(30)41-34-19-9-15-28(36(34)40)37(35)27-14-4-5-16-29(27)39(31)26-12-2-1-3-13-26/h1-22H. The number of fused-ring (bicyclic) bond motifs is 6. The predicted octanol–water partition coefficient (Wildman–Crippen LogP) is 8.04.